The third kappa shape index (κ3) is 3.37. The van der Waals surface area contributed by atoms with E-state index in [4.69, 9.17) is 4.74 Å². The highest BCUT2D eigenvalue weighted by Crippen LogP contribution is 2.37. The summed E-state index contributed by atoms with van der Waals surface area (Å²) in [5.41, 5.74) is 1.65. The van der Waals surface area contributed by atoms with Crippen molar-refractivity contribution in [3.63, 3.8) is 0 Å². The smallest absolute Gasteiger partial charge is 0.0468 e. The van der Waals surface area contributed by atoms with Gasteiger partial charge in [-0.05, 0) is 30.7 Å². The van der Waals surface area contributed by atoms with Crippen molar-refractivity contribution in [3.05, 3.63) is 35.9 Å². The Kier molecular flexibility index (Phi) is 5.71. The van der Waals surface area contributed by atoms with Crippen LogP contribution in [-0.4, -0.2) is 23.9 Å². The minimum Gasteiger partial charge on any atom is -0.381 e. The van der Waals surface area contributed by atoms with Crippen molar-refractivity contribution in [1.82, 2.24) is 0 Å². The third-order valence-electron chi connectivity index (χ3n) is 3.92. The van der Waals surface area contributed by atoms with Gasteiger partial charge in [-0.2, -0.15) is 0 Å². The van der Waals surface area contributed by atoms with E-state index < -0.39 is 0 Å². The zero-order valence-electron chi connectivity index (χ0n) is 10.6. The predicted octanol–water partition coefficient (Wildman–Crippen LogP) is 4.53. The lowest BCUT2D eigenvalue weighted by Crippen LogP contribution is -2.34. The molecule has 1 nitrogen and oxygen atoms in total. The number of ether oxygens (including phenoxy) is 1. The summed E-state index contributed by atoms with van der Waals surface area (Å²) in [7, 11) is 0. The van der Waals surface area contributed by atoms with E-state index in [9.17, 15) is 0 Å². The van der Waals surface area contributed by atoms with Gasteiger partial charge in [0.05, 0.1) is 0 Å². The molecule has 18 heavy (non-hydrogen) atoms. The monoisotopic (exact) mass is 374 g/mol. The molecule has 0 aromatic heterocycles. The SMILES string of the molecule is BrCC(CBr)(CC1CCOCC1)c1ccccc1. The van der Waals surface area contributed by atoms with E-state index in [0.717, 1.165) is 29.8 Å². The van der Waals surface area contributed by atoms with Gasteiger partial charge in [0.2, 0.25) is 0 Å². The molecule has 0 amide bonds. The van der Waals surface area contributed by atoms with E-state index in [-0.39, 0.29) is 5.41 Å². The molecule has 1 aliphatic heterocycles. The van der Waals surface area contributed by atoms with Gasteiger partial charge in [-0.15, -0.1) is 0 Å². The molecule has 0 unspecified atom stereocenters. The number of hydrogen-bond acceptors (Lipinski definition) is 1. The Morgan fingerprint density at radius 2 is 1.67 bits per heavy atom. The van der Waals surface area contributed by atoms with Crippen molar-refractivity contribution in [2.75, 3.05) is 23.9 Å². The van der Waals surface area contributed by atoms with Crippen LogP contribution in [-0.2, 0) is 10.2 Å². The zero-order chi connectivity index (χ0) is 12.8. The fourth-order valence-corrected chi connectivity index (χ4v) is 4.75. The quantitative estimate of drug-likeness (QED) is 0.687. The van der Waals surface area contributed by atoms with E-state index in [1.54, 1.807) is 0 Å². The maximum absolute atomic E-state index is 5.46. The van der Waals surface area contributed by atoms with Gasteiger partial charge in [-0.1, -0.05) is 62.2 Å². The van der Waals surface area contributed by atoms with Crippen molar-refractivity contribution in [2.24, 2.45) is 5.92 Å². The first-order valence-corrected chi connectivity index (χ1v) is 8.80. The predicted molar refractivity (Wildman–Crippen MR) is 83.9 cm³/mol. The third-order valence-corrected chi connectivity index (χ3v) is 6.06. The first-order valence-electron chi connectivity index (χ1n) is 6.56. The molecular formula is C15H20Br2O. The average Bonchev–Trinajstić information content (AvgIpc) is 2.47. The van der Waals surface area contributed by atoms with Crippen LogP contribution in [0.15, 0.2) is 30.3 Å². The molecule has 0 bridgehead atoms. The highest BCUT2D eigenvalue weighted by Gasteiger charge is 2.33. The summed E-state index contributed by atoms with van der Waals surface area (Å²) in [6, 6.07) is 10.9. The molecule has 1 aromatic carbocycles. The molecule has 1 aliphatic rings. The molecule has 0 atom stereocenters. The molecular weight excluding hydrogens is 356 g/mol. The molecule has 3 heteroatoms. The number of halogens is 2. The molecule has 1 fully saturated rings. The normalized spacial score (nSPS) is 17.9. The molecule has 100 valence electrons. The van der Waals surface area contributed by atoms with Crippen molar-refractivity contribution in [3.8, 4) is 0 Å². The van der Waals surface area contributed by atoms with E-state index in [1.807, 2.05) is 0 Å². The summed E-state index contributed by atoms with van der Waals surface area (Å²) in [6.07, 6.45) is 3.64. The Morgan fingerprint density at radius 1 is 1.06 bits per heavy atom. The fourth-order valence-electron chi connectivity index (χ4n) is 2.71. The maximum atomic E-state index is 5.46. The van der Waals surface area contributed by atoms with Crippen molar-refractivity contribution < 1.29 is 4.74 Å². The molecule has 0 saturated carbocycles. The van der Waals surface area contributed by atoms with Crippen LogP contribution in [0, 0.1) is 5.92 Å². The Bertz CT molecular complexity index is 343. The average molecular weight is 376 g/mol. The second kappa shape index (κ2) is 7.06. The standard InChI is InChI=1S/C15H20Br2O/c16-11-15(12-17,14-4-2-1-3-5-14)10-13-6-8-18-9-7-13/h1-5,13H,6-12H2. The van der Waals surface area contributed by atoms with Crippen LogP contribution in [0.5, 0.6) is 0 Å². The molecule has 1 heterocycles. The van der Waals surface area contributed by atoms with Crippen LogP contribution in [0.1, 0.15) is 24.8 Å². The Balaban J connectivity index is 2.15. The van der Waals surface area contributed by atoms with Gasteiger partial charge < -0.3 is 4.74 Å². The van der Waals surface area contributed by atoms with Gasteiger partial charge in [-0.25, -0.2) is 0 Å². The van der Waals surface area contributed by atoms with Crippen molar-refractivity contribution >= 4 is 31.9 Å². The molecule has 1 aromatic rings. The van der Waals surface area contributed by atoms with Crippen LogP contribution in [0.25, 0.3) is 0 Å². The minimum absolute atomic E-state index is 0.212. The second-order valence-electron chi connectivity index (χ2n) is 5.17. The van der Waals surface area contributed by atoms with Crippen LogP contribution in [0.3, 0.4) is 0 Å². The van der Waals surface area contributed by atoms with E-state index in [0.29, 0.717) is 0 Å². The van der Waals surface area contributed by atoms with Crippen LogP contribution < -0.4 is 0 Å². The Hall–Kier alpha value is 0.140. The molecule has 2 rings (SSSR count). The highest BCUT2D eigenvalue weighted by molar-refractivity contribution is 9.09. The van der Waals surface area contributed by atoms with Gasteiger partial charge in [-0.3, -0.25) is 0 Å². The fraction of sp³-hybridized carbons (Fsp3) is 0.600. The molecule has 0 spiro atoms. The van der Waals surface area contributed by atoms with Gasteiger partial charge in [0.25, 0.3) is 0 Å². The summed E-state index contributed by atoms with van der Waals surface area (Å²) in [4.78, 5) is 0. The lowest BCUT2D eigenvalue weighted by Gasteiger charge is -2.36. The van der Waals surface area contributed by atoms with Gasteiger partial charge in [0.1, 0.15) is 0 Å². The number of alkyl halides is 2. The van der Waals surface area contributed by atoms with Gasteiger partial charge in [0, 0.05) is 29.3 Å². The van der Waals surface area contributed by atoms with Crippen LogP contribution >= 0.6 is 31.9 Å². The lowest BCUT2D eigenvalue weighted by molar-refractivity contribution is 0.0584. The first-order chi connectivity index (χ1) is 8.80. The van der Waals surface area contributed by atoms with Crippen molar-refractivity contribution in [2.45, 2.75) is 24.7 Å². The largest absolute Gasteiger partial charge is 0.381 e. The van der Waals surface area contributed by atoms with Gasteiger partial charge in [0.15, 0.2) is 0 Å². The van der Waals surface area contributed by atoms with Crippen molar-refractivity contribution in [1.29, 1.82) is 0 Å². The minimum atomic E-state index is 0.212. The topological polar surface area (TPSA) is 9.23 Å². The summed E-state index contributed by atoms with van der Waals surface area (Å²) in [5, 5.41) is 2.01. The Morgan fingerprint density at radius 3 is 2.22 bits per heavy atom. The van der Waals surface area contributed by atoms with E-state index in [2.05, 4.69) is 62.2 Å². The summed E-state index contributed by atoms with van der Waals surface area (Å²) >= 11 is 7.47. The second-order valence-corrected chi connectivity index (χ2v) is 6.29. The van der Waals surface area contributed by atoms with E-state index in [1.165, 1.54) is 24.8 Å². The number of rotatable bonds is 5. The van der Waals surface area contributed by atoms with Crippen LogP contribution in [0.4, 0.5) is 0 Å². The van der Waals surface area contributed by atoms with Gasteiger partial charge >= 0.3 is 0 Å². The summed E-state index contributed by atoms with van der Waals surface area (Å²) in [5.74, 6) is 0.786. The Labute approximate surface area is 127 Å². The molecule has 0 N–H and O–H groups in total. The number of benzene rings is 1. The molecule has 0 aliphatic carbocycles. The number of hydrogen-bond donors (Lipinski definition) is 0. The maximum Gasteiger partial charge on any atom is 0.0468 e. The summed E-state index contributed by atoms with van der Waals surface area (Å²) in [6.45, 7) is 1.86. The lowest BCUT2D eigenvalue weighted by atomic mass is 9.75. The summed E-state index contributed by atoms with van der Waals surface area (Å²) < 4.78 is 5.46. The first kappa shape index (κ1) is 14.5. The molecule has 0 radical (unpaired) electrons. The highest BCUT2D eigenvalue weighted by atomic mass is 79.9. The van der Waals surface area contributed by atoms with E-state index >= 15 is 0 Å². The molecule has 1 saturated heterocycles. The van der Waals surface area contributed by atoms with Crippen LogP contribution in [0.2, 0.25) is 0 Å². The zero-order valence-corrected chi connectivity index (χ0v) is 13.8.